The van der Waals surface area contributed by atoms with E-state index >= 15 is 0 Å². The molecule has 170 valence electrons. The Labute approximate surface area is 195 Å². The smallest absolute Gasteiger partial charge is 0.246 e. The molecule has 0 saturated heterocycles. The van der Waals surface area contributed by atoms with Crippen LogP contribution in [0.15, 0.2) is 59.6 Å². The highest BCUT2D eigenvalue weighted by Gasteiger charge is 2.23. The van der Waals surface area contributed by atoms with Crippen molar-refractivity contribution >= 4 is 46.4 Å². The van der Waals surface area contributed by atoms with Gasteiger partial charge in [0.25, 0.3) is 0 Å². The number of anilines is 1. The van der Waals surface area contributed by atoms with Gasteiger partial charge >= 0.3 is 0 Å². The molecule has 12 heteroatoms. The summed E-state index contributed by atoms with van der Waals surface area (Å²) < 4.78 is 56.0. The fourth-order valence-electron chi connectivity index (χ4n) is 3.33. The molecule has 0 aliphatic carbocycles. The van der Waals surface area contributed by atoms with E-state index in [-0.39, 0.29) is 6.54 Å². The quantitative estimate of drug-likeness (QED) is 0.293. The summed E-state index contributed by atoms with van der Waals surface area (Å²) >= 11 is 6.34. The molecular formula is C21H19BClF2N5O2S. The Kier molecular flexibility index (Phi) is 6.64. The van der Waals surface area contributed by atoms with Crippen molar-refractivity contribution in [2.24, 2.45) is 0 Å². The molecule has 0 radical (unpaired) electrons. The van der Waals surface area contributed by atoms with Crippen LogP contribution in [0, 0.1) is 11.6 Å². The minimum absolute atomic E-state index is 0.0210. The van der Waals surface area contributed by atoms with Crippen LogP contribution in [-0.2, 0) is 10.0 Å². The Morgan fingerprint density at radius 1 is 1.06 bits per heavy atom. The summed E-state index contributed by atoms with van der Waals surface area (Å²) in [6.45, 7) is 0.342. The predicted molar refractivity (Wildman–Crippen MR) is 126 cm³/mol. The summed E-state index contributed by atoms with van der Waals surface area (Å²) in [4.78, 5) is 3.69. The Hall–Kier alpha value is -3.02. The third-order valence-corrected chi connectivity index (χ3v) is 6.78. The number of benzene rings is 2. The SMILES string of the molecule is Bc1cnn2c(NCCCNS(=O)(=O)c3c(F)cccc3F)cc(-c3ccccc3Cl)nc12. The van der Waals surface area contributed by atoms with E-state index in [9.17, 15) is 17.2 Å². The van der Waals surface area contributed by atoms with E-state index in [0.717, 1.165) is 29.2 Å². The van der Waals surface area contributed by atoms with Crippen LogP contribution in [-0.4, -0.2) is 44.0 Å². The van der Waals surface area contributed by atoms with Gasteiger partial charge in [-0.1, -0.05) is 35.9 Å². The second kappa shape index (κ2) is 9.46. The summed E-state index contributed by atoms with van der Waals surface area (Å²) in [6, 6.07) is 12.1. The van der Waals surface area contributed by atoms with Crippen LogP contribution >= 0.6 is 11.6 Å². The number of hydrogen-bond acceptors (Lipinski definition) is 5. The molecule has 0 aliphatic heterocycles. The van der Waals surface area contributed by atoms with Gasteiger partial charge in [-0.3, -0.25) is 0 Å². The molecule has 7 nitrogen and oxygen atoms in total. The molecule has 33 heavy (non-hydrogen) atoms. The molecule has 2 heterocycles. The van der Waals surface area contributed by atoms with Gasteiger partial charge in [-0.2, -0.15) is 9.61 Å². The van der Waals surface area contributed by atoms with Gasteiger partial charge in [-0.15, -0.1) is 0 Å². The average Bonchev–Trinajstić information content (AvgIpc) is 3.14. The van der Waals surface area contributed by atoms with Gasteiger partial charge < -0.3 is 5.32 Å². The molecule has 0 saturated carbocycles. The zero-order valence-electron chi connectivity index (χ0n) is 17.5. The molecule has 0 bridgehead atoms. The Balaban J connectivity index is 1.47. The van der Waals surface area contributed by atoms with E-state index in [0.29, 0.717) is 35.1 Å². The molecule has 2 aromatic carbocycles. The molecule has 4 aromatic rings. The number of rotatable bonds is 8. The lowest BCUT2D eigenvalue weighted by Gasteiger charge is -2.12. The van der Waals surface area contributed by atoms with E-state index in [1.54, 1.807) is 22.8 Å². The number of nitrogens with zero attached hydrogens (tertiary/aromatic N) is 3. The minimum atomic E-state index is -4.32. The lowest BCUT2D eigenvalue weighted by atomic mass is 10.0. The zero-order chi connectivity index (χ0) is 23.6. The second-order valence-corrected chi connectivity index (χ2v) is 9.41. The van der Waals surface area contributed by atoms with E-state index in [1.165, 1.54) is 0 Å². The Morgan fingerprint density at radius 2 is 1.79 bits per heavy atom. The van der Waals surface area contributed by atoms with Crippen LogP contribution in [0.5, 0.6) is 0 Å². The number of aromatic nitrogens is 3. The first kappa shape index (κ1) is 23.2. The third-order valence-electron chi connectivity index (χ3n) is 4.94. The molecule has 0 atom stereocenters. The fourth-order valence-corrected chi connectivity index (χ4v) is 4.77. The normalized spacial score (nSPS) is 11.7. The maximum Gasteiger partial charge on any atom is 0.246 e. The van der Waals surface area contributed by atoms with Crippen LogP contribution in [0.1, 0.15) is 6.42 Å². The first-order valence-electron chi connectivity index (χ1n) is 10.1. The molecule has 4 rings (SSSR count). The van der Waals surface area contributed by atoms with Gasteiger partial charge in [0, 0.05) is 35.9 Å². The van der Waals surface area contributed by atoms with Crippen LogP contribution in [0.4, 0.5) is 14.6 Å². The van der Waals surface area contributed by atoms with Gasteiger partial charge in [0.15, 0.2) is 10.5 Å². The summed E-state index contributed by atoms with van der Waals surface area (Å²) in [5.74, 6) is -1.63. The Bertz CT molecular complexity index is 1410. The minimum Gasteiger partial charge on any atom is -0.370 e. The molecule has 0 fully saturated rings. The molecule has 0 unspecified atom stereocenters. The van der Waals surface area contributed by atoms with Crippen LogP contribution in [0.25, 0.3) is 16.9 Å². The summed E-state index contributed by atoms with van der Waals surface area (Å²) in [7, 11) is -2.42. The molecule has 2 N–H and O–H groups in total. The van der Waals surface area contributed by atoms with Crippen LogP contribution in [0.2, 0.25) is 5.02 Å². The highest BCUT2D eigenvalue weighted by atomic mass is 35.5. The predicted octanol–water partition coefficient (Wildman–Crippen LogP) is 2.37. The molecule has 2 aromatic heterocycles. The van der Waals surface area contributed by atoms with Crippen LogP contribution < -0.4 is 15.5 Å². The monoisotopic (exact) mass is 489 g/mol. The van der Waals surface area contributed by atoms with Crippen molar-refractivity contribution in [3.05, 3.63) is 71.4 Å². The van der Waals surface area contributed by atoms with Crippen molar-refractivity contribution in [1.82, 2.24) is 19.3 Å². The third kappa shape index (κ3) is 4.85. The average molecular weight is 490 g/mol. The van der Waals surface area contributed by atoms with Crippen molar-refractivity contribution in [2.75, 3.05) is 18.4 Å². The molecule has 0 amide bonds. The van der Waals surface area contributed by atoms with Crippen molar-refractivity contribution in [3.8, 4) is 11.3 Å². The second-order valence-electron chi connectivity index (χ2n) is 7.30. The maximum atomic E-state index is 13.8. The van der Waals surface area contributed by atoms with Gasteiger partial charge in [0.05, 0.1) is 5.69 Å². The first-order chi connectivity index (χ1) is 15.8. The summed E-state index contributed by atoms with van der Waals surface area (Å²) in [5, 5.41) is 8.11. The number of fused-ring (bicyclic) bond motifs is 1. The van der Waals surface area contributed by atoms with E-state index in [1.807, 2.05) is 26.0 Å². The highest BCUT2D eigenvalue weighted by molar-refractivity contribution is 7.89. The van der Waals surface area contributed by atoms with Gasteiger partial charge in [0.1, 0.15) is 25.3 Å². The van der Waals surface area contributed by atoms with Crippen LogP contribution in [0.3, 0.4) is 0 Å². The highest BCUT2D eigenvalue weighted by Crippen LogP contribution is 2.28. The summed E-state index contributed by atoms with van der Waals surface area (Å²) in [6.07, 6.45) is 2.04. The number of nitrogens with one attached hydrogen (secondary N) is 2. The molecular weight excluding hydrogens is 471 g/mol. The van der Waals surface area contributed by atoms with Crippen molar-refractivity contribution in [1.29, 1.82) is 0 Å². The number of sulfonamides is 1. The van der Waals surface area contributed by atoms with Crippen molar-refractivity contribution in [2.45, 2.75) is 11.3 Å². The van der Waals surface area contributed by atoms with Gasteiger partial charge in [-0.25, -0.2) is 26.9 Å². The standard InChI is InChI=1S/C21H19BClF2N5O2S/c22-14-12-27-30-19(11-18(29-21(14)30)13-5-1-2-6-15(13)23)26-9-4-10-28-33(31,32)20-16(24)7-3-8-17(20)25/h1-3,5-8,11-12,26,28H,4,9-10,22H2. The maximum absolute atomic E-state index is 13.8. The number of halogens is 3. The van der Waals surface area contributed by atoms with E-state index in [4.69, 9.17) is 11.6 Å². The fraction of sp³-hybridized carbons (Fsp3) is 0.143. The lowest BCUT2D eigenvalue weighted by Crippen LogP contribution is -2.28. The van der Waals surface area contributed by atoms with Crippen molar-refractivity contribution in [3.63, 3.8) is 0 Å². The zero-order valence-corrected chi connectivity index (χ0v) is 19.1. The van der Waals surface area contributed by atoms with E-state index in [2.05, 4.69) is 20.1 Å². The summed E-state index contributed by atoms with van der Waals surface area (Å²) in [5.41, 5.74) is 2.97. The lowest BCUT2D eigenvalue weighted by molar-refractivity contribution is 0.513. The molecule has 0 spiro atoms. The topological polar surface area (TPSA) is 88.4 Å². The first-order valence-corrected chi connectivity index (χ1v) is 11.9. The van der Waals surface area contributed by atoms with Gasteiger partial charge in [-0.05, 0) is 30.1 Å². The van der Waals surface area contributed by atoms with Gasteiger partial charge in [0.2, 0.25) is 10.0 Å². The Morgan fingerprint density at radius 3 is 2.52 bits per heavy atom. The number of hydrogen-bond donors (Lipinski definition) is 2. The van der Waals surface area contributed by atoms with Crippen molar-refractivity contribution < 1.29 is 17.2 Å². The largest absolute Gasteiger partial charge is 0.370 e. The molecule has 0 aliphatic rings. The van der Waals surface area contributed by atoms with E-state index < -0.39 is 26.6 Å².